The molecule has 3 heterocycles. The summed E-state index contributed by atoms with van der Waals surface area (Å²) in [5, 5.41) is 20.4. The molecule has 2 saturated carbocycles. The van der Waals surface area contributed by atoms with E-state index in [1.807, 2.05) is 11.0 Å². The van der Waals surface area contributed by atoms with Crippen molar-refractivity contribution in [2.24, 2.45) is 11.3 Å². The first kappa shape index (κ1) is 43.1. The lowest BCUT2D eigenvalue weighted by Gasteiger charge is -2.51. The van der Waals surface area contributed by atoms with Crippen LogP contribution >= 0.6 is 23.2 Å². The number of aliphatic carboxylic acids is 1. The second-order valence-electron chi connectivity index (χ2n) is 18.3. The smallest absolute Gasteiger partial charge is 0.410 e. The first-order chi connectivity index (χ1) is 26.8. The summed E-state index contributed by atoms with van der Waals surface area (Å²) in [5.41, 5.74) is -1.63. The van der Waals surface area contributed by atoms with Gasteiger partial charge in [-0.05, 0) is 113 Å². The summed E-state index contributed by atoms with van der Waals surface area (Å²) in [6, 6.07) is 4.78. The molecule has 2 amide bonds. The zero-order valence-corrected chi connectivity index (χ0v) is 35.3. The summed E-state index contributed by atoms with van der Waals surface area (Å²) in [4.78, 5) is 61.3. The number of carboxylic acid groups (broad SMARTS) is 1. The van der Waals surface area contributed by atoms with Crippen LogP contribution in [0, 0.1) is 17.2 Å². The number of amides is 2. The predicted molar refractivity (Wildman–Crippen MR) is 217 cm³/mol. The molecule has 4 N–H and O–H groups in total. The zero-order valence-electron chi connectivity index (χ0n) is 33.8. The number of carbonyl (C=O) groups excluding carboxylic acids is 3. The van der Waals surface area contributed by atoms with Gasteiger partial charge in [-0.3, -0.25) is 19.8 Å². The molecule has 15 heteroatoms. The highest BCUT2D eigenvalue weighted by atomic mass is 35.5. The van der Waals surface area contributed by atoms with Gasteiger partial charge in [0.2, 0.25) is 5.91 Å². The van der Waals surface area contributed by atoms with E-state index in [9.17, 15) is 24.3 Å². The average Bonchev–Trinajstić information content (AvgIpc) is 3.44. The minimum atomic E-state index is -1.41. The first-order valence-electron chi connectivity index (χ1n) is 20.1. The maximum atomic E-state index is 16.3. The average molecular weight is 832 g/mol. The minimum absolute atomic E-state index is 0.00323. The van der Waals surface area contributed by atoms with E-state index in [4.69, 9.17) is 27.9 Å². The molecule has 0 radical (unpaired) electrons. The molecule has 4 aliphatic rings. The number of halogens is 3. The van der Waals surface area contributed by atoms with E-state index in [-0.39, 0.29) is 40.5 Å². The van der Waals surface area contributed by atoms with Gasteiger partial charge in [-0.15, -0.1) is 0 Å². The second-order valence-corrected chi connectivity index (χ2v) is 19.1. The molecule has 57 heavy (non-hydrogen) atoms. The normalized spacial score (nSPS) is 28.8. The Morgan fingerprint density at radius 1 is 1.07 bits per heavy atom. The van der Waals surface area contributed by atoms with E-state index in [1.165, 1.54) is 17.2 Å². The van der Waals surface area contributed by atoms with Crippen molar-refractivity contribution in [3.8, 4) is 0 Å². The summed E-state index contributed by atoms with van der Waals surface area (Å²) in [5.74, 6) is -2.88. The lowest BCUT2D eigenvalue weighted by molar-refractivity contribution is -0.146. The molecule has 4 fully saturated rings. The maximum absolute atomic E-state index is 16.3. The van der Waals surface area contributed by atoms with Gasteiger partial charge in [-0.2, -0.15) is 0 Å². The van der Waals surface area contributed by atoms with E-state index in [1.54, 1.807) is 40.0 Å². The SMILES string of the molecule is CNc1cc(Cl)ccc1[C@]1(C=O)[C@@H](c2ccnc(Cl)c2F)[C@H](C(=O)NC2CCC(CN3CCN(C(=O)OC(C)(C)C)C[C@H]3C(=O)O)CC2)NC12CCC(C)(C)CC2. The fourth-order valence-corrected chi connectivity index (χ4v) is 10.3. The number of hydrogen-bond donors (Lipinski definition) is 4. The predicted octanol–water partition coefficient (Wildman–Crippen LogP) is 6.78. The van der Waals surface area contributed by atoms with Gasteiger partial charge >= 0.3 is 12.1 Å². The highest BCUT2D eigenvalue weighted by molar-refractivity contribution is 6.31. The summed E-state index contributed by atoms with van der Waals surface area (Å²) in [7, 11) is 1.75. The number of aldehydes is 1. The zero-order chi connectivity index (χ0) is 41.5. The Bertz CT molecular complexity index is 1840. The van der Waals surface area contributed by atoms with Crippen LogP contribution in [-0.4, -0.2) is 107 Å². The van der Waals surface area contributed by atoms with E-state index in [2.05, 4.69) is 34.8 Å². The molecule has 2 saturated heterocycles. The molecular weight excluding hydrogens is 774 g/mol. The van der Waals surface area contributed by atoms with Crippen LogP contribution in [0.5, 0.6) is 0 Å². The van der Waals surface area contributed by atoms with Gasteiger partial charge < -0.3 is 30.2 Å². The Morgan fingerprint density at radius 3 is 2.37 bits per heavy atom. The van der Waals surface area contributed by atoms with Crippen LogP contribution in [-0.2, 0) is 24.5 Å². The van der Waals surface area contributed by atoms with Crippen molar-refractivity contribution in [1.82, 2.24) is 25.4 Å². The van der Waals surface area contributed by atoms with E-state index >= 15 is 4.39 Å². The molecular formula is C42H57Cl2FN6O6. The molecule has 0 unspecified atom stereocenters. The van der Waals surface area contributed by atoms with Gasteiger partial charge in [-0.1, -0.05) is 43.1 Å². The van der Waals surface area contributed by atoms with Gasteiger partial charge in [-0.25, -0.2) is 14.2 Å². The van der Waals surface area contributed by atoms with Gasteiger partial charge in [0, 0.05) is 61.1 Å². The van der Waals surface area contributed by atoms with Gasteiger partial charge in [0.05, 0.1) is 18.0 Å². The highest BCUT2D eigenvalue weighted by Gasteiger charge is 2.68. The maximum Gasteiger partial charge on any atom is 0.410 e. The topological polar surface area (TPSA) is 153 Å². The van der Waals surface area contributed by atoms with Crippen molar-refractivity contribution < 1.29 is 33.4 Å². The Kier molecular flexibility index (Phi) is 12.6. The van der Waals surface area contributed by atoms with Crippen molar-refractivity contribution >= 4 is 53.1 Å². The van der Waals surface area contributed by atoms with E-state index in [0.717, 1.165) is 32.0 Å². The number of benzene rings is 1. The van der Waals surface area contributed by atoms with Crippen LogP contribution in [0.1, 0.15) is 103 Å². The number of hydrogen-bond acceptors (Lipinski definition) is 9. The van der Waals surface area contributed by atoms with Crippen LogP contribution in [0.25, 0.3) is 0 Å². The van der Waals surface area contributed by atoms with Crippen LogP contribution in [0.3, 0.4) is 0 Å². The summed E-state index contributed by atoms with van der Waals surface area (Å²) in [6.07, 6.45) is 7.35. The Morgan fingerprint density at radius 2 is 1.75 bits per heavy atom. The fraction of sp³-hybridized carbons (Fsp3) is 0.643. The number of ether oxygens (including phenoxy) is 1. The number of pyridine rings is 1. The molecule has 2 aromatic rings. The largest absolute Gasteiger partial charge is 0.480 e. The van der Waals surface area contributed by atoms with Crippen LogP contribution in [0.4, 0.5) is 14.9 Å². The third-order valence-electron chi connectivity index (χ3n) is 13.0. The van der Waals surface area contributed by atoms with E-state index in [0.29, 0.717) is 61.6 Å². The molecule has 4 atom stereocenters. The fourth-order valence-electron chi connectivity index (χ4n) is 9.92. The molecule has 2 aliphatic heterocycles. The van der Waals surface area contributed by atoms with Gasteiger partial charge in [0.15, 0.2) is 11.0 Å². The number of carboxylic acids is 1. The monoisotopic (exact) mass is 830 g/mol. The molecule has 2 aliphatic carbocycles. The molecule has 0 bridgehead atoms. The third-order valence-corrected chi connectivity index (χ3v) is 13.5. The molecule has 312 valence electrons. The summed E-state index contributed by atoms with van der Waals surface area (Å²) < 4.78 is 21.8. The number of nitrogens with one attached hydrogen (secondary N) is 3. The van der Waals surface area contributed by atoms with Crippen LogP contribution in [0.2, 0.25) is 10.2 Å². The number of aromatic nitrogens is 1. The van der Waals surface area contributed by atoms with Crippen molar-refractivity contribution in [2.45, 2.75) is 127 Å². The van der Waals surface area contributed by atoms with Crippen molar-refractivity contribution in [1.29, 1.82) is 0 Å². The lowest BCUT2D eigenvalue weighted by atomic mass is 9.53. The minimum Gasteiger partial charge on any atom is -0.480 e. The molecule has 6 rings (SSSR count). The number of nitrogens with zero attached hydrogens (tertiary/aromatic N) is 3. The second kappa shape index (κ2) is 16.6. The number of piperazine rings is 1. The summed E-state index contributed by atoms with van der Waals surface area (Å²) >= 11 is 12.8. The molecule has 12 nitrogen and oxygen atoms in total. The van der Waals surface area contributed by atoms with E-state index < -0.39 is 52.4 Å². The van der Waals surface area contributed by atoms with Crippen molar-refractivity contribution in [3.63, 3.8) is 0 Å². The third kappa shape index (κ3) is 8.63. The molecule has 1 spiro atoms. The van der Waals surface area contributed by atoms with Crippen LogP contribution < -0.4 is 16.0 Å². The lowest BCUT2D eigenvalue weighted by Crippen LogP contribution is -2.60. The number of carbonyl (C=O) groups is 4. The standard InChI is InChI=1S/C42H57Cl2FN6O6/c1-39(2,3)57-38(56)51-20-19-50(31(23-51)37(54)55)22-25-7-10-27(11-8-25)48-36(53)34-32(28-13-18-47-35(44)33(28)45)42(24-52,29-12-9-26(43)21-30(29)46-6)41(49-34)16-14-40(4,5)15-17-41/h9,12-13,18,21,24-25,27,31-32,34,46,49H,7-8,10-11,14-17,19-20,22-23H2,1-6H3,(H,48,53)(H,54,55)/t25?,27?,31-,32-,34+,42+/m0/s1. The summed E-state index contributed by atoms with van der Waals surface area (Å²) in [6.45, 7) is 11.1. The van der Waals surface area contributed by atoms with Crippen LogP contribution in [0.15, 0.2) is 30.5 Å². The Hall–Kier alpha value is -3.52. The number of rotatable bonds is 9. The quantitative estimate of drug-likeness (QED) is 0.157. The van der Waals surface area contributed by atoms with Crippen molar-refractivity contribution in [3.05, 3.63) is 57.6 Å². The Balaban J connectivity index is 1.24. The Labute approximate surface area is 344 Å². The molecule has 1 aromatic heterocycles. The first-order valence-corrected chi connectivity index (χ1v) is 20.9. The van der Waals surface area contributed by atoms with Crippen molar-refractivity contribution in [2.75, 3.05) is 38.5 Å². The van der Waals surface area contributed by atoms with Gasteiger partial charge in [0.25, 0.3) is 0 Å². The number of anilines is 1. The highest BCUT2D eigenvalue weighted by Crippen LogP contribution is 2.61. The molecule has 1 aromatic carbocycles. The van der Waals surface area contributed by atoms with Gasteiger partial charge in [0.1, 0.15) is 17.9 Å².